The summed E-state index contributed by atoms with van der Waals surface area (Å²) in [6.07, 6.45) is 1.64. The van der Waals surface area contributed by atoms with Crippen molar-refractivity contribution in [3.8, 4) is 23.0 Å². The molecule has 0 aliphatic heterocycles. The first-order chi connectivity index (χ1) is 15.2. The second-order valence-electron chi connectivity index (χ2n) is 6.60. The number of rotatable bonds is 13. The van der Waals surface area contributed by atoms with Gasteiger partial charge in [-0.2, -0.15) is 0 Å². The van der Waals surface area contributed by atoms with Crippen molar-refractivity contribution in [1.82, 2.24) is 5.32 Å². The van der Waals surface area contributed by atoms with Gasteiger partial charge in [-0.1, -0.05) is 6.07 Å². The van der Waals surface area contributed by atoms with E-state index in [-0.39, 0.29) is 0 Å². The van der Waals surface area contributed by atoms with Crippen LogP contribution < -0.4 is 29.6 Å². The van der Waals surface area contributed by atoms with E-state index in [0.717, 1.165) is 24.3 Å². The highest BCUT2D eigenvalue weighted by molar-refractivity contribution is 5.93. The van der Waals surface area contributed by atoms with Gasteiger partial charge in [0.05, 0.1) is 27.4 Å². The highest BCUT2D eigenvalue weighted by atomic mass is 16.5. The van der Waals surface area contributed by atoms with Crippen molar-refractivity contribution >= 4 is 11.6 Å². The first kappa shape index (κ1) is 24.1. The molecule has 0 bridgehead atoms. The van der Waals surface area contributed by atoms with Crippen LogP contribution in [0.3, 0.4) is 0 Å². The van der Waals surface area contributed by atoms with Gasteiger partial charge in [-0.25, -0.2) is 0 Å². The molecule has 170 valence electrons. The molecule has 0 amide bonds. The van der Waals surface area contributed by atoms with E-state index in [1.54, 1.807) is 28.4 Å². The number of nitrogens with zero attached hydrogens (tertiary/aromatic N) is 1. The lowest BCUT2D eigenvalue weighted by molar-refractivity contribution is 0.172. The van der Waals surface area contributed by atoms with Gasteiger partial charge in [-0.3, -0.25) is 4.99 Å². The maximum absolute atomic E-state index is 5.81. The quantitative estimate of drug-likeness (QED) is 0.285. The van der Waals surface area contributed by atoms with E-state index in [9.17, 15) is 0 Å². The normalized spacial score (nSPS) is 11.0. The Labute approximate surface area is 184 Å². The van der Waals surface area contributed by atoms with Gasteiger partial charge in [0.25, 0.3) is 0 Å². The summed E-state index contributed by atoms with van der Waals surface area (Å²) in [5, 5.41) is 6.55. The zero-order valence-corrected chi connectivity index (χ0v) is 18.8. The van der Waals surface area contributed by atoms with E-state index < -0.39 is 0 Å². The number of ether oxygens (including phenoxy) is 5. The predicted molar refractivity (Wildman–Crippen MR) is 123 cm³/mol. The highest BCUT2D eigenvalue weighted by Gasteiger charge is 2.04. The van der Waals surface area contributed by atoms with E-state index in [2.05, 4.69) is 15.6 Å². The molecule has 2 rings (SSSR count). The van der Waals surface area contributed by atoms with Crippen molar-refractivity contribution in [2.24, 2.45) is 4.99 Å². The van der Waals surface area contributed by atoms with E-state index in [0.29, 0.717) is 49.6 Å². The van der Waals surface area contributed by atoms with E-state index in [1.807, 2.05) is 42.5 Å². The van der Waals surface area contributed by atoms with Crippen molar-refractivity contribution < 1.29 is 23.7 Å². The Bertz CT molecular complexity index is 791. The van der Waals surface area contributed by atoms with Crippen molar-refractivity contribution in [2.45, 2.75) is 12.8 Å². The molecule has 0 saturated carbocycles. The fourth-order valence-corrected chi connectivity index (χ4v) is 2.71. The minimum atomic E-state index is 0.547. The molecular formula is C23H33N3O5. The number of benzene rings is 2. The van der Waals surface area contributed by atoms with Crippen LogP contribution in [-0.4, -0.2) is 60.7 Å². The average molecular weight is 432 g/mol. The molecule has 0 aliphatic rings. The van der Waals surface area contributed by atoms with Crippen LogP contribution in [0, 0.1) is 0 Å². The maximum atomic E-state index is 5.81. The summed E-state index contributed by atoms with van der Waals surface area (Å²) in [5.41, 5.74) is 0.900. The van der Waals surface area contributed by atoms with Crippen LogP contribution in [0.15, 0.2) is 47.5 Å². The van der Waals surface area contributed by atoms with Crippen molar-refractivity contribution in [2.75, 3.05) is 60.1 Å². The van der Waals surface area contributed by atoms with Crippen molar-refractivity contribution in [1.29, 1.82) is 0 Å². The minimum Gasteiger partial charge on any atom is -0.496 e. The third-order valence-corrected chi connectivity index (χ3v) is 4.29. The topological polar surface area (TPSA) is 82.6 Å². The van der Waals surface area contributed by atoms with Gasteiger partial charge in [-0.05, 0) is 18.6 Å². The Kier molecular flexibility index (Phi) is 10.9. The fourth-order valence-electron chi connectivity index (χ4n) is 2.71. The monoisotopic (exact) mass is 431 g/mol. The average Bonchev–Trinajstić information content (AvgIpc) is 2.80. The summed E-state index contributed by atoms with van der Waals surface area (Å²) in [6.45, 7) is 2.55. The fraction of sp³-hybridized carbons (Fsp3) is 0.435. The third-order valence-electron chi connectivity index (χ3n) is 4.29. The summed E-state index contributed by atoms with van der Waals surface area (Å²) in [7, 11) is 6.65. The molecule has 0 fully saturated rings. The number of hydrogen-bond acceptors (Lipinski definition) is 6. The smallest absolute Gasteiger partial charge is 0.195 e. The molecule has 2 N–H and O–H groups in total. The molecule has 0 spiro atoms. The second-order valence-corrected chi connectivity index (χ2v) is 6.60. The lowest BCUT2D eigenvalue weighted by Gasteiger charge is -2.14. The number of aliphatic imine (C=N–C) groups is 1. The van der Waals surface area contributed by atoms with Gasteiger partial charge in [0.15, 0.2) is 5.96 Å². The Morgan fingerprint density at radius 1 is 0.806 bits per heavy atom. The van der Waals surface area contributed by atoms with Crippen LogP contribution in [0.25, 0.3) is 0 Å². The Morgan fingerprint density at radius 2 is 1.48 bits per heavy atom. The molecule has 31 heavy (non-hydrogen) atoms. The van der Waals surface area contributed by atoms with Gasteiger partial charge >= 0.3 is 0 Å². The molecule has 2 aromatic rings. The van der Waals surface area contributed by atoms with Crippen LogP contribution in [0.4, 0.5) is 5.69 Å². The van der Waals surface area contributed by atoms with Crippen LogP contribution in [0.1, 0.15) is 12.8 Å². The molecule has 0 radical (unpaired) electrons. The number of guanidine groups is 1. The van der Waals surface area contributed by atoms with Gasteiger partial charge in [-0.15, -0.1) is 0 Å². The van der Waals surface area contributed by atoms with Crippen LogP contribution in [0.2, 0.25) is 0 Å². The number of hydrogen-bond donors (Lipinski definition) is 2. The molecule has 0 aliphatic carbocycles. The molecule has 0 saturated heterocycles. The van der Waals surface area contributed by atoms with Crippen molar-refractivity contribution in [3.05, 3.63) is 42.5 Å². The van der Waals surface area contributed by atoms with Crippen molar-refractivity contribution in [3.63, 3.8) is 0 Å². The van der Waals surface area contributed by atoms with E-state index in [4.69, 9.17) is 23.7 Å². The number of nitrogens with one attached hydrogen (secondary N) is 2. The summed E-state index contributed by atoms with van der Waals surface area (Å²) in [4.78, 5) is 4.26. The summed E-state index contributed by atoms with van der Waals surface area (Å²) in [6, 6.07) is 13.3. The van der Waals surface area contributed by atoms with Crippen LogP contribution in [0.5, 0.6) is 23.0 Å². The molecular weight excluding hydrogens is 398 g/mol. The summed E-state index contributed by atoms with van der Waals surface area (Å²) in [5.74, 6) is 3.59. The first-order valence-corrected chi connectivity index (χ1v) is 10.2. The van der Waals surface area contributed by atoms with E-state index >= 15 is 0 Å². The minimum absolute atomic E-state index is 0.547. The molecule has 2 aromatic carbocycles. The third kappa shape index (κ3) is 9.04. The lowest BCUT2D eigenvalue weighted by atomic mass is 10.3. The molecule has 0 heterocycles. The molecule has 8 heteroatoms. The maximum Gasteiger partial charge on any atom is 0.195 e. The molecule has 8 nitrogen and oxygen atoms in total. The van der Waals surface area contributed by atoms with Gasteiger partial charge in [0, 0.05) is 63.7 Å². The zero-order valence-electron chi connectivity index (χ0n) is 18.8. The van der Waals surface area contributed by atoms with Crippen LogP contribution in [-0.2, 0) is 4.74 Å². The Hall–Kier alpha value is -3.13. The summed E-state index contributed by atoms with van der Waals surface area (Å²) < 4.78 is 27.1. The molecule has 0 unspecified atom stereocenters. The van der Waals surface area contributed by atoms with Gasteiger partial charge < -0.3 is 34.3 Å². The highest BCUT2D eigenvalue weighted by Crippen LogP contribution is 2.27. The van der Waals surface area contributed by atoms with E-state index in [1.165, 1.54) is 0 Å². The molecule has 0 atom stereocenters. The SMILES string of the molecule is CN=C(NCCCOc1cc(OC)cc(OC)c1)Nc1cccc(OCCCOC)c1. The van der Waals surface area contributed by atoms with Gasteiger partial charge in [0.1, 0.15) is 23.0 Å². The standard InChI is InChI=1S/C23H33N3O5/c1-24-23(26-18-8-5-9-19(14-18)30-13-7-11-27-2)25-10-6-12-31-22-16-20(28-3)15-21(17-22)29-4/h5,8-9,14-17H,6-7,10-13H2,1-4H3,(H2,24,25,26). The predicted octanol–water partition coefficient (Wildman–Crippen LogP) is 3.58. The lowest BCUT2D eigenvalue weighted by Crippen LogP contribution is -2.32. The Balaban J connectivity index is 1.74. The molecule has 0 aromatic heterocycles. The largest absolute Gasteiger partial charge is 0.496 e. The van der Waals surface area contributed by atoms with Crippen LogP contribution >= 0.6 is 0 Å². The number of methoxy groups -OCH3 is 3. The zero-order chi connectivity index (χ0) is 22.3. The first-order valence-electron chi connectivity index (χ1n) is 10.2. The Morgan fingerprint density at radius 3 is 2.16 bits per heavy atom. The second kappa shape index (κ2) is 14.0. The van der Waals surface area contributed by atoms with Gasteiger partial charge in [0.2, 0.25) is 0 Å². The number of anilines is 1. The summed E-state index contributed by atoms with van der Waals surface area (Å²) >= 11 is 0.